The Labute approximate surface area is 189 Å². The molecule has 0 saturated heterocycles. The van der Waals surface area contributed by atoms with E-state index in [-0.39, 0.29) is 5.82 Å². The lowest BCUT2D eigenvalue weighted by molar-refractivity contribution is 0.151. The van der Waals surface area contributed by atoms with E-state index in [9.17, 15) is 4.39 Å². The highest BCUT2D eigenvalue weighted by Crippen LogP contribution is 2.42. The van der Waals surface area contributed by atoms with Crippen molar-refractivity contribution in [2.75, 3.05) is 0 Å². The third-order valence-corrected chi connectivity index (χ3v) is 8.23. The molecule has 3 rings (SSSR count). The summed E-state index contributed by atoms with van der Waals surface area (Å²) in [7, 11) is 0. The molecule has 1 aromatic carbocycles. The van der Waals surface area contributed by atoms with Crippen LogP contribution in [0.25, 0.3) is 6.08 Å². The van der Waals surface area contributed by atoms with E-state index in [1.807, 2.05) is 12.1 Å². The lowest BCUT2D eigenvalue weighted by Gasteiger charge is -2.37. The van der Waals surface area contributed by atoms with Gasteiger partial charge < -0.3 is 0 Å². The van der Waals surface area contributed by atoms with Crippen LogP contribution in [0.4, 0.5) is 4.39 Å². The second-order valence-electron chi connectivity index (χ2n) is 10.0. The van der Waals surface area contributed by atoms with Crippen LogP contribution >= 0.6 is 11.6 Å². The van der Waals surface area contributed by atoms with Gasteiger partial charge in [0.1, 0.15) is 5.82 Å². The summed E-state index contributed by atoms with van der Waals surface area (Å²) in [5.41, 5.74) is 1.57. The van der Waals surface area contributed by atoms with Gasteiger partial charge in [0.2, 0.25) is 0 Å². The van der Waals surface area contributed by atoms with Crippen molar-refractivity contribution < 1.29 is 4.39 Å². The number of hydrogen-bond acceptors (Lipinski definition) is 0. The molecule has 0 amide bonds. The van der Waals surface area contributed by atoms with Crippen molar-refractivity contribution in [1.82, 2.24) is 0 Å². The first-order valence-electron chi connectivity index (χ1n) is 12.8. The molecule has 2 aliphatic rings. The number of allylic oxidation sites excluding steroid dienone is 1. The molecule has 0 spiro atoms. The Hall–Kier alpha value is -0.820. The van der Waals surface area contributed by atoms with Gasteiger partial charge in [-0.05, 0) is 79.7 Å². The van der Waals surface area contributed by atoms with E-state index in [4.69, 9.17) is 11.6 Å². The Balaban J connectivity index is 1.43. The van der Waals surface area contributed by atoms with Gasteiger partial charge in [0.25, 0.3) is 0 Å². The molecular formula is C28H42ClF. The smallest absolute Gasteiger partial charge is 0.145 e. The van der Waals surface area contributed by atoms with Crippen molar-refractivity contribution in [3.63, 3.8) is 0 Å². The summed E-state index contributed by atoms with van der Waals surface area (Å²) in [6.07, 6.45) is 22.9. The van der Waals surface area contributed by atoms with Gasteiger partial charge in [0, 0.05) is 0 Å². The quantitative estimate of drug-likeness (QED) is 0.340. The molecule has 2 fully saturated rings. The molecule has 0 aliphatic heterocycles. The van der Waals surface area contributed by atoms with Gasteiger partial charge >= 0.3 is 0 Å². The highest BCUT2D eigenvalue weighted by Gasteiger charge is 2.30. The molecule has 168 valence electrons. The summed E-state index contributed by atoms with van der Waals surface area (Å²) >= 11 is 6.30. The maximum absolute atomic E-state index is 14.4. The second-order valence-corrected chi connectivity index (χ2v) is 10.4. The fourth-order valence-corrected chi connectivity index (χ4v) is 6.12. The molecule has 0 bridgehead atoms. The first-order valence-corrected chi connectivity index (χ1v) is 13.1. The molecule has 0 heterocycles. The van der Waals surface area contributed by atoms with Gasteiger partial charge in [-0.2, -0.15) is 0 Å². The summed E-state index contributed by atoms with van der Waals surface area (Å²) in [6, 6.07) is 3.89. The van der Waals surface area contributed by atoms with Crippen LogP contribution < -0.4 is 0 Å². The van der Waals surface area contributed by atoms with Crippen molar-refractivity contribution >= 4 is 17.7 Å². The Kier molecular flexibility index (Phi) is 9.75. The molecule has 0 atom stereocenters. The van der Waals surface area contributed by atoms with Gasteiger partial charge in [-0.1, -0.05) is 94.7 Å². The van der Waals surface area contributed by atoms with Crippen LogP contribution in [-0.4, -0.2) is 0 Å². The van der Waals surface area contributed by atoms with Gasteiger partial charge in [-0.15, -0.1) is 0 Å². The SMILES string of the molecule is CCCCCC1CCC(C2CCC(/C=C/c3ccc(CCC)c(F)c3Cl)CC2)CC1. The van der Waals surface area contributed by atoms with Crippen LogP contribution in [0.15, 0.2) is 18.2 Å². The zero-order valence-corrected chi connectivity index (χ0v) is 20.0. The summed E-state index contributed by atoms with van der Waals surface area (Å²) in [6.45, 7) is 4.37. The van der Waals surface area contributed by atoms with E-state index in [0.29, 0.717) is 10.9 Å². The molecule has 2 aliphatic carbocycles. The molecule has 30 heavy (non-hydrogen) atoms. The van der Waals surface area contributed by atoms with E-state index < -0.39 is 0 Å². The van der Waals surface area contributed by atoms with E-state index in [2.05, 4.69) is 26.0 Å². The zero-order chi connectivity index (χ0) is 21.3. The number of aryl methyl sites for hydroxylation is 1. The van der Waals surface area contributed by atoms with Crippen molar-refractivity contribution in [2.24, 2.45) is 23.7 Å². The number of hydrogen-bond donors (Lipinski definition) is 0. The maximum atomic E-state index is 14.4. The first-order chi connectivity index (χ1) is 14.6. The monoisotopic (exact) mass is 432 g/mol. The molecule has 0 unspecified atom stereocenters. The normalized spacial score (nSPS) is 27.6. The molecular weight excluding hydrogens is 391 g/mol. The number of unbranched alkanes of at least 4 members (excludes halogenated alkanes) is 2. The third kappa shape index (κ3) is 6.59. The molecule has 0 N–H and O–H groups in total. The van der Waals surface area contributed by atoms with Crippen molar-refractivity contribution in [1.29, 1.82) is 0 Å². The van der Waals surface area contributed by atoms with Crippen LogP contribution in [0.5, 0.6) is 0 Å². The maximum Gasteiger partial charge on any atom is 0.145 e. The lowest BCUT2D eigenvalue weighted by Crippen LogP contribution is -2.25. The summed E-state index contributed by atoms with van der Waals surface area (Å²) < 4.78 is 14.4. The van der Waals surface area contributed by atoms with Crippen LogP contribution in [0.1, 0.15) is 108 Å². The largest absolute Gasteiger partial charge is 0.205 e. The predicted octanol–water partition coefficient (Wildman–Crippen LogP) is 9.64. The minimum absolute atomic E-state index is 0.227. The van der Waals surface area contributed by atoms with Gasteiger partial charge in [-0.3, -0.25) is 0 Å². The van der Waals surface area contributed by atoms with Crippen molar-refractivity contribution in [3.8, 4) is 0 Å². The molecule has 0 nitrogen and oxygen atoms in total. The highest BCUT2D eigenvalue weighted by atomic mass is 35.5. The van der Waals surface area contributed by atoms with Crippen molar-refractivity contribution in [3.05, 3.63) is 40.2 Å². The Morgan fingerprint density at radius 3 is 2.20 bits per heavy atom. The van der Waals surface area contributed by atoms with Gasteiger partial charge in [0.15, 0.2) is 0 Å². The second kappa shape index (κ2) is 12.3. The first kappa shape index (κ1) is 23.8. The van der Waals surface area contributed by atoms with E-state index >= 15 is 0 Å². The Morgan fingerprint density at radius 2 is 1.57 bits per heavy atom. The van der Waals surface area contributed by atoms with Crippen LogP contribution in [0.3, 0.4) is 0 Å². The minimum atomic E-state index is -0.227. The van der Waals surface area contributed by atoms with Crippen LogP contribution in [-0.2, 0) is 6.42 Å². The summed E-state index contributed by atoms with van der Waals surface area (Å²) in [5, 5.41) is 0.293. The Bertz CT molecular complexity index is 663. The average molecular weight is 433 g/mol. The fraction of sp³-hybridized carbons (Fsp3) is 0.714. The van der Waals surface area contributed by atoms with Crippen LogP contribution in [0.2, 0.25) is 5.02 Å². The highest BCUT2D eigenvalue weighted by molar-refractivity contribution is 6.32. The number of benzene rings is 1. The third-order valence-electron chi connectivity index (χ3n) is 7.85. The summed E-state index contributed by atoms with van der Waals surface area (Å²) in [4.78, 5) is 0. The predicted molar refractivity (Wildman–Crippen MR) is 129 cm³/mol. The number of rotatable bonds is 9. The van der Waals surface area contributed by atoms with Gasteiger partial charge in [-0.25, -0.2) is 4.39 Å². The molecule has 0 radical (unpaired) electrons. The molecule has 0 aromatic heterocycles. The van der Waals surface area contributed by atoms with Crippen molar-refractivity contribution in [2.45, 2.75) is 104 Å². The fourth-order valence-electron chi connectivity index (χ4n) is 5.88. The van der Waals surface area contributed by atoms with Gasteiger partial charge in [0.05, 0.1) is 5.02 Å². The van der Waals surface area contributed by atoms with E-state index in [0.717, 1.165) is 41.7 Å². The Morgan fingerprint density at radius 1 is 0.900 bits per heavy atom. The lowest BCUT2D eigenvalue weighted by atomic mass is 9.68. The molecule has 1 aromatic rings. The zero-order valence-electron chi connectivity index (χ0n) is 19.3. The number of halogens is 2. The minimum Gasteiger partial charge on any atom is -0.205 e. The molecule has 2 heteroatoms. The standard InChI is InChI=1S/C28H42ClF/c1-3-5-6-8-21-9-14-23(15-10-21)24-16-11-22(12-17-24)13-18-25-19-20-26(7-4-2)28(30)27(25)29/h13,18-24H,3-12,14-17H2,1-2H3/b18-13+. The summed E-state index contributed by atoms with van der Waals surface area (Å²) in [5.74, 6) is 3.34. The van der Waals surface area contributed by atoms with E-state index in [1.54, 1.807) is 0 Å². The van der Waals surface area contributed by atoms with E-state index in [1.165, 1.54) is 77.0 Å². The average Bonchev–Trinajstić information content (AvgIpc) is 2.78. The topological polar surface area (TPSA) is 0 Å². The molecule has 2 saturated carbocycles. The van der Waals surface area contributed by atoms with Crippen LogP contribution in [0, 0.1) is 29.5 Å².